The summed E-state index contributed by atoms with van der Waals surface area (Å²) >= 11 is 0. The predicted molar refractivity (Wildman–Crippen MR) is 139 cm³/mol. The van der Waals surface area contributed by atoms with Gasteiger partial charge in [0.2, 0.25) is 11.8 Å². The third-order valence-electron chi connectivity index (χ3n) is 7.04. The summed E-state index contributed by atoms with van der Waals surface area (Å²) in [5, 5.41) is 2.91. The lowest BCUT2D eigenvalue weighted by molar-refractivity contribution is -0.134. The summed E-state index contributed by atoms with van der Waals surface area (Å²) in [5.41, 5.74) is 1.63. The van der Waals surface area contributed by atoms with Gasteiger partial charge in [0.25, 0.3) is 5.91 Å². The standard InChI is InChI=1S/C28H36N4O5/c1-18-15-32(26(33)14-21-7-5-6-12-29-21)19(2)17-37-24-11-10-22(30-27(34)20-8-9-20)13-23(24)28(35)31(3)16-25(18)36-4/h5-7,10-13,18-20,25H,8-9,14-17H2,1-4H3,(H,30,34)/t18-,19-,25+/m1/s1. The zero-order valence-corrected chi connectivity index (χ0v) is 22.0. The number of hydrogen-bond acceptors (Lipinski definition) is 6. The Balaban J connectivity index is 1.61. The Morgan fingerprint density at radius 2 is 1.95 bits per heavy atom. The molecule has 0 radical (unpaired) electrons. The topological polar surface area (TPSA) is 101 Å². The van der Waals surface area contributed by atoms with Gasteiger partial charge < -0.3 is 24.6 Å². The summed E-state index contributed by atoms with van der Waals surface area (Å²) < 4.78 is 11.9. The first kappa shape index (κ1) is 26.6. The third kappa shape index (κ3) is 6.65. The summed E-state index contributed by atoms with van der Waals surface area (Å²) in [5.74, 6) is 0.125. The number of nitrogens with zero attached hydrogens (tertiary/aromatic N) is 3. The minimum atomic E-state index is -0.284. The van der Waals surface area contributed by atoms with Crippen molar-refractivity contribution < 1.29 is 23.9 Å². The number of ether oxygens (including phenoxy) is 2. The van der Waals surface area contributed by atoms with Gasteiger partial charge in [0.1, 0.15) is 12.4 Å². The number of amides is 3. The van der Waals surface area contributed by atoms with Gasteiger partial charge in [-0.3, -0.25) is 19.4 Å². The van der Waals surface area contributed by atoms with Crippen LogP contribution in [-0.2, 0) is 20.7 Å². The fourth-order valence-corrected chi connectivity index (χ4v) is 4.55. The minimum absolute atomic E-state index is 0.0289. The lowest BCUT2D eigenvalue weighted by atomic mass is 10.0. The molecule has 9 nitrogen and oxygen atoms in total. The highest BCUT2D eigenvalue weighted by Crippen LogP contribution is 2.31. The van der Waals surface area contributed by atoms with E-state index in [2.05, 4.69) is 10.3 Å². The maximum Gasteiger partial charge on any atom is 0.257 e. The zero-order chi connectivity index (χ0) is 26.5. The second kappa shape index (κ2) is 11.7. The second-order valence-electron chi connectivity index (χ2n) is 10.1. The molecule has 2 aliphatic rings. The summed E-state index contributed by atoms with van der Waals surface area (Å²) in [4.78, 5) is 46.9. The number of anilines is 1. The number of methoxy groups -OCH3 is 1. The van der Waals surface area contributed by atoms with Crippen LogP contribution in [0.4, 0.5) is 5.69 Å². The molecule has 3 amide bonds. The summed E-state index contributed by atoms with van der Waals surface area (Å²) in [6.45, 7) is 4.96. The van der Waals surface area contributed by atoms with Gasteiger partial charge in [0.15, 0.2) is 0 Å². The molecule has 2 aromatic rings. The molecule has 0 saturated heterocycles. The molecule has 37 heavy (non-hydrogen) atoms. The van der Waals surface area contributed by atoms with E-state index in [0.717, 1.165) is 12.8 Å². The number of carbonyl (C=O) groups excluding carboxylic acids is 3. The Hall–Kier alpha value is -3.46. The normalized spacial score (nSPS) is 22.8. The average Bonchev–Trinajstić information content (AvgIpc) is 3.74. The van der Waals surface area contributed by atoms with Crippen molar-refractivity contribution in [2.24, 2.45) is 11.8 Å². The Morgan fingerprint density at radius 3 is 2.62 bits per heavy atom. The van der Waals surface area contributed by atoms with Crippen LogP contribution in [0.3, 0.4) is 0 Å². The number of fused-ring (bicyclic) bond motifs is 1. The van der Waals surface area contributed by atoms with Crippen LogP contribution in [0, 0.1) is 11.8 Å². The van der Waals surface area contributed by atoms with Crippen LogP contribution in [0.2, 0.25) is 0 Å². The van der Waals surface area contributed by atoms with Gasteiger partial charge in [0.05, 0.1) is 24.1 Å². The lowest BCUT2D eigenvalue weighted by Crippen LogP contribution is -2.49. The van der Waals surface area contributed by atoms with Gasteiger partial charge in [-0.1, -0.05) is 13.0 Å². The van der Waals surface area contributed by atoms with Crippen molar-refractivity contribution in [1.29, 1.82) is 0 Å². The van der Waals surface area contributed by atoms with Crippen LogP contribution in [0.25, 0.3) is 0 Å². The molecule has 1 aromatic carbocycles. The van der Waals surface area contributed by atoms with Crippen LogP contribution < -0.4 is 10.1 Å². The second-order valence-corrected chi connectivity index (χ2v) is 10.1. The maximum absolute atomic E-state index is 13.5. The van der Waals surface area contributed by atoms with Crippen molar-refractivity contribution in [3.8, 4) is 5.75 Å². The third-order valence-corrected chi connectivity index (χ3v) is 7.04. The number of likely N-dealkylation sites (N-methyl/N-ethyl adjacent to an activating group) is 1. The van der Waals surface area contributed by atoms with Crippen LogP contribution in [0.1, 0.15) is 42.7 Å². The quantitative estimate of drug-likeness (QED) is 0.666. The van der Waals surface area contributed by atoms with E-state index in [0.29, 0.717) is 35.8 Å². The summed E-state index contributed by atoms with van der Waals surface area (Å²) in [6.07, 6.45) is 3.37. The fraction of sp³-hybridized carbons (Fsp3) is 0.500. The Bertz CT molecular complexity index is 1120. The van der Waals surface area contributed by atoms with Crippen molar-refractivity contribution in [1.82, 2.24) is 14.8 Å². The number of carbonyl (C=O) groups is 3. The van der Waals surface area contributed by atoms with E-state index in [9.17, 15) is 14.4 Å². The maximum atomic E-state index is 13.5. The Labute approximate surface area is 218 Å². The molecule has 0 bridgehead atoms. The van der Waals surface area contributed by atoms with E-state index in [1.807, 2.05) is 36.9 Å². The van der Waals surface area contributed by atoms with E-state index in [-0.39, 0.29) is 54.7 Å². The van der Waals surface area contributed by atoms with Crippen molar-refractivity contribution in [2.45, 2.75) is 45.3 Å². The lowest BCUT2D eigenvalue weighted by Gasteiger charge is -2.36. The molecule has 2 heterocycles. The van der Waals surface area contributed by atoms with E-state index < -0.39 is 0 Å². The number of hydrogen-bond donors (Lipinski definition) is 1. The molecule has 0 spiro atoms. The minimum Gasteiger partial charge on any atom is -0.491 e. The van der Waals surface area contributed by atoms with E-state index in [4.69, 9.17) is 9.47 Å². The van der Waals surface area contributed by atoms with Gasteiger partial charge in [-0.2, -0.15) is 0 Å². The number of rotatable bonds is 5. The average molecular weight is 509 g/mol. The molecular formula is C28H36N4O5. The first-order valence-electron chi connectivity index (χ1n) is 12.8. The van der Waals surface area contributed by atoms with Crippen molar-refractivity contribution in [3.05, 3.63) is 53.9 Å². The van der Waals surface area contributed by atoms with Gasteiger partial charge in [-0.15, -0.1) is 0 Å². The smallest absolute Gasteiger partial charge is 0.257 e. The summed E-state index contributed by atoms with van der Waals surface area (Å²) in [7, 11) is 3.34. The summed E-state index contributed by atoms with van der Waals surface area (Å²) in [6, 6.07) is 10.4. The molecule has 9 heteroatoms. The molecule has 1 fully saturated rings. The highest BCUT2D eigenvalue weighted by Gasteiger charge is 2.32. The molecule has 3 atom stereocenters. The van der Waals surface area contributed by atoms with Crippen molar-refractivity contribution in [2.75, 3.05) is 39.2 Å². The van der Waals surface area contributed by atoms with E-state index in [1.165, 1.54) is 0 Å². The van der Waals surface area contributed by atoms with Crippen LogP contribution in [-0.4, -0.2) is 78.5 Å². The Morgan fingerprint density at radius 1 is 1.16 bits per heavy atom. The molecule has 4 rings (SSSR count). The Kier molecular flexibility index (Phi) is 8.43. The molecule has 198 valence electrons. The highest BCUT2D eigenvalue weighted by atomic mass is 16.5. The van der Waals surface area contributed by atoms with E-state index in [1.54, 1.807) is 43.5 Å². The van der Waals surface area contributed by atoms with Crippen LogP contribution in [0.15, 0.2) is 42.6 Å². The van der Waals surface area contributed by atoms with Crippen LogP contribution >= 0.6 is 0 Å². The number of nitrogens with one attached hydrogen (secondary N) is 1. The molecule has 0 unspecified atom stereocenters. The van der Waals surface area contributed by atoms with Crippen molar-refractivity contribution in [3.63, 3.8) is 0 Å². The largest absolute Gasteiger partial charge is 0.491 e. The number of benzene rings is 1. The molecule has 1 aliphatic carbocycles. The fourth-order valence-electron chi connectivity index (χ4n) is 4.55. The highest BCUT2D eigenvalue weighted by molar-refractivity contribution is 6.00. The van der Waals surface area contributed by atoms with E-state index >= 15 is 0 Å². The van der Waals surface area contributed by atoms with Gasteiger partial charge in [0, 0.05) is 56.7 Å². The molecule has 1 aromatic heterocycles. The van der Waals surface area contributed by atoms with Gasteiger partial charge >= 0.3 is 0 Å². The molecule has 1 aliphatic heterocycles. The van der Waals surface area contributed by atoms with Crippen molar-refractivity contribution >= 4 is 23.4 Å². The SMILES string of the molecule is CO[C@H]1CN(C)C(=O)c2cc(NC(=O)C3CC3)ccc2OC[C@@H](C)N(C(=O)Cc2ccccn2)C[C@H]1C. The predicted octanol–water partition coefficient (Wildman–Crippen LogP) is 3.01. The van der Waals surface area contributed by atoms with Gasteiger partial charge in [-0.05, 0) is 50.1 Å². The van der Waals surface area contributed by atoms with Crippen LogP contribution in [0.5, 0.6) is 5.75 Å². The number of aromatic nitrogens is 1. The first-order valence-corrected chi connectivity index (χ1v) is 12.8. The molecule has 1 saturated carbocycles. The molecular weight excluding hydrogens is 472 g/mol. The molecule has 1 N–H and O–H groups in total. The first-order chi connectivity index (χ1) is 17.8. The zero-order valence-electron chi connectivity index (χ0n) is 22.0. The monoisotopic (exact) mass is 508 g/mol. The van der Waals surface area contributed by atoms with Gasteiger partial charge in [-0.25, -0.2) is 0 Å². The number of pyridine rings is 1.